The predicted octanol–water partition coefficient (Wildman–Crippen LogP) is 0.396. The van der Waals surface area contributed by atoms with Gasteiger partial charge in [-0.05, 0) is 51.4 Å². The minimum atomic E-state index is 0.389. The number of aliphatic hydroxyl groups excluding tert-OH is 1. The highest BCUT2D eigenvalue weighted by atomic mass is 16.3. The van der Waals surface area contributed by atoms with Crippen molar-refractivity contribution in [3.63, 3.8) is 0 Å². The van der Waals surface area contributed by atoms with E-state index in [0.29, 0.717) is 12.5 Å². The summed E-state index contributed by atoms with van der Waals surface area (Å²) in [5.74, 6) is 0.579. The fourth-order valence-electron chi connectivity index (χ4n) is 2.28. The molecule has 2 aliphatic heterocycles. The lowest BCUT2D eigenvalue weighted by Gasteiger charge is -2.35. The molecule has 2 fully saturated rings. The SMILES string of the molecule is OCC1CCN(CCN2CCC2)CC1. The van der Waals surface area contributed by atoms with E-state index in [2.05, 4.69) is 9.80 Å². The number of piperidine rings is 1. The Balaban J connectivity index is 1.58. The van der Waals surface area contributed by atoms with Gasteiger partial charge in [-0.2, -0.15) is 0 Å². The molecule has 2 heterocycles. The molecular weight excluding hydrogens is 176 g/mol. The van der Waals surface area contributed by atoms with Gasteiger partial charge in [0.1, 0.15) is 0 Å². The van der Waals surface area contributed by atoms with E-state index < -0.39 is 0 Å². The molecule has 2 aliphatic rings. The van der Waals surface area contributed by atoms with Crippen molar-refractivity contribution < 1.29 is 5.11 Å². The van der Waals surface area contributed by atoms with E-state index >= 15 is 0 Å². The third-order valence-electron chi connectivity index (χ3n) is 3.65. The second-order valence-electron chi connectivity index (χ2n) is 4.66. The summed E-state index contributed by atoms with van der Waals surface area (Å²) in [5, 5.41) is 9.02. The molecule has 0 unspecified atom stereocenters. The molecular formula is C11H22N2O. The fourth-order valence-corrected chi connectivity index (χ4v) is 2.28. The molecule has 0 atom stereocenters. The molecule has 0 saturated carbocycles. The quantitative estimate of drug-likeness (QED) is 0.708. The zero-order valence-electron chi connectivity index (χ0n) is 8.99. The molecule has 2 rings (SSSR count). The number of hydrogen-bond acceptors (Lipinski definition) is 3. The first-order valence-corrected chi connectivity index (χ1v) is 5.94. The second kappa shape index (κ2) is 5.10. The minimum Gasteiger partial charge on any atom is -0.396 e. The van der Waals surface area contributed by atoms with E-state index in [9.17, 15) is 0 Å². The van der Waals surface area contributed by atoms with Crippen LogP contribution in [-0.4, -0.2) is 60.8 Å². The van der Waals surface area contributed by atoms with E-state index in [1.54, 1.807) is 0 Å². The molecule has 0 aromatic heterocycles. The van der Waals surface area contributed by atoms with Crippen LogP contribution in [0.25, 0.3) is 0 Å². The van der Waals surface area contributed by atoms with Crippen molar-refractivity contribution in [2.75, 3.05) is 45.9 Å². The summed E-state index contributed by atoms with van der Waals surface area (Å²) < 4.78 is 0. The van der Waals surface area contributed by atoms with Gasteiger partial charge in [-0.25, -0.2) is 0 Å². The molecule has 2 saturated heterocycles. The maximum absolute atomic E-state index is 9.02. The van der Waals surface area contributed by atoms with E-state index in [0.717, 1.165) is 0 Å². The topological polar surface area (TPSA) is 26.7 Å². The standard InChI is InChI=1S/C11H22N2O/c14-10-11-2-6-13(7-3-11)9-8-12-4-1-5-12/h11,14H,1-10H2. The summed E-state index contributed by atoms with van der Waals surface area (Å²) in [5.41, 5.74) is 0. The molecule has 0 aliphatic carbocycles. The summed E-state index contributed by atoms with van der Waals surface area (Å²) >= 11 is 0. The molecule has 0 bridgehead atoms. The fraction of sp³-hybridized carbons (Fsp3) is 1.00. The first-order valence-electron chi connectivity index (χ1n) is 5.94. The smallest absolute Gasteiger partial charge is 0.0460 e. The summed E-state index contributed by atoms with van der Waals surface area (Å²) in [7, 11) is 0. The average Bonchev–Trinajstić information content (AvgIpc) is 2.16. The second-order valence-corrected chi connectivity index (χ2v) is 4.66. The van der Waals surface area contributed by atoms with Crippen LogP contribution in [0.15, 0.2) is 0 Å². The largest absolute Gasteiger partial charge is 0.396 e. The predicted molar refractivity (Wildman–Crippen MR) is 57.3 cm³/mol. The van der Waals surface area contributed by atoms with E-state index in [1.807, 2.05) is 0 Å². The summed E-state index contributed by atoms with van der Waals surface area (Å²) in [4.78, 5) is 5.07. The first kappa shape index (κ1) is 10.4. The van der Waals surface area contributed by atoms with Crippen LogP contribution in [0, 0.1) is 5.92 Å². The van der Waals surface area contributed by atoms with Gasteiger partial charge >= 0.3 is 0 Å². The Hall–Kier alpha value is -0.120. The molecule has 0 aromatic rings. The van der Waals surface area contributed by atoms with Crippen molar-refractivity contribution in [1.29, 1.82) is 0 Å². The van der Waals surface area contributed by atoms with Crippen molar-refractivity contribution in [3.8, 4) is 0 Å². The number of likely N-dealkylation sites (tertiary alicyclic amines) is 2. The van der Waals surface area contributed by atoms with E-state index in [-0.39, 0.29) is 0 Å². The number of nitrogens with zero attached hydrogens (tertiary/aromatic N) is 2. The van der Waals surface area contributed by atoms with Gasteiger partial charge in [0, 0.05) is 19.7 Å². The zero-order valence-corrected chi connectivity index (χ0v) is 8.99. The van der Waals surface area contributed by atoms with Crippen molar-refractivity contribution >= 4 is 0 Å². The summed E-state index contributed by atoms with van der Waals surface area (Å²) in [6.07, 6.45) is 3.78. The zero-order chi connectivity index (χ0) is 9.80. The normalized spacial score (nSPS) is 26.4. The lowest BCUT2D eigenvalue weighted by Crippen LogP contribution is -2.44. The van der Waals surface area contributed by atoms with Crippen LogP contribution in [0.4, 0.5) is 0 Å². The van der Waals surface area contributed by atoms with Crippen LogP contribution >= 0.6 is 0 Å². The van der Waals surface area contributed by atoms with Gasteiger partial charge in [0.2, 0.25) is 0 Å². The van der Waals surface area contributed by atoms with Crippen molar-refractivity contribution in [3.05, 3.63) is 0 Å². The van der Waals surface area contributed by atoms with Gasteiger partial charge in [-0.1, -0.05) is 0 Å². The highest BCUT2D eigenvalue weighted by Crippen LogP contribution is 2.16. The number of rotatable bonds is 4. The van der Waals surface area contributed by atoms with Crippen LogP contribution in [-0.2, 0) is 0 Å². The summed E-state index contributed by atoms with van der Waals surface area (Å²) in [6.45, 7) is 7.89. The van der Waals surface area contributed by atoms with E-state index in [4.69, 9.17) is 5.11 Å². The third kappa shape index (κ3) is 2.69. The Morgan fingerprint density at radius 3 is 1.93 bits per heavy atom. The Labute approximate surface area is 86.7 Å². The Morgan fingerprint density at radius 1 is 0.929 bits per heavy atom. The highest BCUT2D eigenvalue weighted by Gasteiger charge is 2.20. The van der Waals surface area contributed by atoms with E-state index in [1.165, 1.54) is 58.5 Å². The minimum absolute atomic E-state index is 0.389. The average molecular weight is 198 g/mol. The van der Waals surface area contributed by atoms with Gasteiger partial charge in [0.25, 0.3) is 0 Å². The Bertz CT molecular complexity index is 163. The van der Waals surface area contributed by atoms with Gasteiger partial charge < -0.3 is 14.9 Å². The van der Waals surface area contributed by atoms with Crippen molar-refractivity contribution in [2.24, 2.45) is 5.92 Å². The molecule has 14 heavy (non-hydrogen) atoms. The van der Waals surface area contributed by atoms with Gasteiger partial charge in [0.15, 0.2) is 0 Å². The maximum atomic E-state index is 9.02. The van der Waals surface area contributed by atoms with Gasteiger partial charge in [-0.15, -0.1) is 0 Å². The van der Waals surface area contributed by atoms with Gasteiger partial charge in [0.05, 0.1) is 0 Å². The summed E-state index contributed by atoms with van der Waals surface area (Å²) in [6, 6.07) is 0. The lowest BCUT2D eigenvalue weighted by atomic mass is 9.98. The maximum Gasteiger partial charge on any atom is 0.0460 e. The molecule has 0 spiro atoms. The first-order chi connectivity index (χ1) is 6.88. The highest BCUT2D eigenvalue weighted by molar-refractivity contribution is 4.74. The molecule has 1 N–H and O–H groups in total. The van der Waals surface area contributed by atoms with Crippen LogP contribution in [0.5, 0.6) is 0 Å². The van der Waals surface area contributed by atoms with Crippen LogP contribution in [0.2, 0.25) is 0 Å². The monoisotopic (exact) mass is 198 g/mol. The molecule has 3 heteroatoms. The van der Waals surface area contributed by atoms with Gasteiger partial charge in [-0.3, -0.25) is 0 Å². The molecule has 82 valence electrons. The molecule has 0 radical (unpaired) electrons. The van der Waals surface area contributed by atoms with Crippen LogP contribution in [0.1, 0.15) is 19.3 Å². The third-order valence-corrected chi connectivity index (χ3v) is 3.65. The van der Waals surface area contributed by atoms with Crippen LogP contribution in [0.3, 0.4) is 0 Å². The molecule has 3 nitrogen and oxygen atoms in total. The van der Waals surface area contributed by atoms with Crippen molar-refractivity contribution in [2.45, 2.75) is 19.3 Å². The molecule has 0 aromatic carbocycles. The molecule has 0 amide bonds. The van der Waals surface area contributed by atoms with Crippen molar-refractivity contribution in [1.82, 2.24) is 9.80 Å². The Kier molecular flexibility index (Phi) is 3.79. The van der Waals surface area contributed by atoms with Crippen LogP contribution < -0.4 is 0 Å². The number of hydrogen-bond donors (Lipinski definition) is 1. The Morgan fingerprint density at radius 2 is 1.50 bits per heavy atom. The lowest BCUT2D eigenvalue weighted by molar-refractivity contribution is 0.105. The number of aliphatic hydroxyl groups is 1.